The lowest BCUT2D eigenvalue weighted by Crippen LogP contribution is -2.58. The van der Waals surface area contributed by atoms with Gasteiger partial charge in [0.1, 0.15) is 24.2 Å². The zero-order valence-corrected chi connectivity index (χ0v) is 18.0. The lowest BCUT2D eigenvalue weighted by Gasteiger charge is -2.24. The average molecular weight is 480 g/mol. The minimum absolute atomic E-state index is 0.0319. The zero-order valence-electron chi connectivity index (χ0n) is 17.1. The summed E-state index contributed by atoms with van der Waals surface area (Å²) in [6.07, 6.45) is -0.594. The number of carboxylic acid groups (broad SMARTS) is 2. The number of carbonyl (C=O) groups is 5. The molecule has 0 saturated carbocycles. The molecule has 12 N–H and O–H groups in total. The molecule has 4 unspecified atom stereocenters. The van der Waals surface area contributed by atoms with Crippen molar-refractivity contribution in [3.63, 3.8) is 0 Å². The van der Waals surface area contributed by atoms with E-state index in [2.05, 4.69) is 28.3 Å². The van der Waals surface area contributed by atoms with Gasteiger partial charge in [-0.05, 0) is 12.8 Å². The van der Waals surface area contributed by atoms with E-state index in [1.54, 1.807) is 0 Å². The van der Waals surface area contributed by atoms with Crippen LogP contribution in [0.15, 0.2) is 4.99 Å². The maximum atomic E-state index is 12.7. The molecule has 15 nitrogen and oxygen atoms in total. The topological polar surface area (TPSA) is 273 Å². The van der Waals surface area contributed by atoms with E-state index in [1.807, 2.05) is 5.32 Å². The minimum atomic E-state index is -1.73. The predicted molar refractivity (Wildman–Crippen MR) is 115 cm³/mol. The molecule has 182 valence electrons. The smallest absolute Gasteiger partial charge is 0.326 e. The highest BCUT2D eigenvalue weighted by atomic mass is 32.1. The lowest BCUT2D eigenvalue weighted by atomic mass is 10.1. The van der Waals surface area contributed by atoms with Gasteiger partial charge < -0.3 is 48.5 Å². The number of hydrogen-bond donors (Lipinski definition) is 10. The van der Waals surface area contributed by atoms with Crippen LogP contribution in [0.4, 0.5) is 0 Å². The van der Waals surface area contributed by atoms with Gasteiger partial charge >= 0.3 is 11.9 Å². The van der Waals surface area contributed by atoms with Crippen molar-refractivity contribution in [1.29, 1.82) is 0 Å². The number of nitrogens with zero attached hydrogens (tertiary/aromatic N) is 1. The summed E-state index contributed by atoms with van der Waals surface area (Å²) in [5.41, 5.74) is 15.9. The summed E-state index contributed by atoms with van der Waals surface area (Å²) in [4.78, 5) is 62.6. The molecule has 16 heteroatoms. The van der Waals surface area contributed by atoms with E-state index in [1.165, 1.54) is 0 Å². The normalized spacial score (nSPS) is 14.2. The molecule has 0 rings (SSSR count). The van der Waals surface area contributed by atoms with Crippen molar-refractivity contribution in [3.05, 3.63) is 0 Å². The standard InChI is InChI=1S/C16H29N7O8S/c17-7(5-24)12(27)21-8(2-1-3-20-16(18)19)13(28)23-10(6-32)14(29)22-9(15(30)31)4-11(25)26/h7-10,24,32H,1-6,17H2,(H,21,27)(H,22,29)(H,23,28)(H,25,26)(H,30,31)(H4,18,19,20). The van der Waals surface area contributed by atoms with Crippen LogP contribution in [-0.4, -0.2) is 94.0 Å². The van der Waals surface area contributed by atoms with E-state index < -0.39 is 66.9 Å². The van der Waals surface area contributed by atoms with Crippen molar-refractivity contribution in [2.24, 2.45) is 22.2 Å². The summed E-state index contributed by atoms with van der Waals surface area (Å²) in [5.74, 6) is -6.10. The van der Waals surface area contributed by atoms with Crippen molar-refractivity contribution in [1.82, 2.24) is 16.0 Å². The summed E-state index contributed by atoms with van der Waals surface area (Å²) in [7, 11) is 0. The molecule has 4 atom stereocenters. The fourth-order valence-corrected chi connectivity index (χ4v) is 2.50. The summed E-state index contributed by atoms with van der Waals surface area (Å²) in [6.45, 7) is -0.532. The molecule has 0 aliphatic heterocycles. The van der Waals surface area contributed by atoms with E-state index >= 15 is 0 Å². The van der Waals surface area contributed by atoms with Gasteiger partial charge in [-0.15, -0.1) is 0 Å². The van der Waals surface area contributed by atoms with Gasteiger partial charge in [-0.1, -0.05) is 0 Å². The van der Waals surface area contributed by atoms with Crippen LogP contribution in [0.1, 0.15) is 19.3 Å². The SMILES string of the molecule is NC(N)=NCCCC(NC(=O)C(N)CO)C(=O)NC(CS)C(=O)NC(CC(=O)O)C(=O)O. The average Bonchev–Trinajstić information content (AvgIpc) is 2.71. The Balaban J connectivity index is 5.28. The van der Waals surface area contributed by atoms with Gasteiger partial charge in [0.2, 0.25) is 17.7 Å². The number of aliphatic hydroxyl groups excluding tert-OH is 1. The van der Waals surface area contributed by atoms with Crippen molar-refractivity contribution in [3.8, 4) is 0 Å². The Morgan fingerprint density at radius 3 is 1.91 bits per heavy atom. The monoisotopic (exact) mass is 479 g/mol. The molecule has 0 saturated heterocycles. The van der Waals surface area contributed by atoms with Gasteiger partial charge in [0, 0.05) is 12.3 Å². The van der Waals surface area contributed by atoms with Crippen LogP contribution in [0.3, 0.4) is 0 Å². The number of aliphatic hydroxyl groups is 1. The van der Waals surface area contributed by atoms with Crippen LogP contribution in [0.5, 0.6) is 0 Å². The molecule has 0 spiro atoms. The first-order valence-corrected chi connectivity index (χ1v) is 9.94. The Hall–Kier alpha value is -3.11. The maximum Gasteiger partial charge on any atom is 0.326 e. The molecule has 0 radical (unpaired) electrons. The number of carbonyl (C=O) groups excluding carboxylic acids is 3. The quantitative estimate of drug-likeness (QED) is 0.0461. The van der Waals surface area contributed by atoms with Crippen molar-refractivity contribution < 1.29 is 39.3 Å². The summed E-state index contributed by atoms with van der Waals surface area (Å²) >= 11 is 3.94. The largest absolute Gasteiger partial charge is 0.481 e. The second kappa shape index (κ2) is 14.8. The number of hydrogen-bond acceptors (Lipinski definition) is 9. The number of nitrogens with one attached hydrogen (secondary N) is 3. The third kappa shape index (κ3) is 11.3. The van der Waals surface area contributed by atoms with Crippen LogP contribution in [0.2, 0.25) is 0 Å². The first-order valence-electron chi connectivity index (χ1n) is 9.31. The summed E-state index contributed by atoms with van der Waals surface area (Å²) in [5, 5.41) is 33.4. The number of guanidine groups is 1. The maximum absolute atomic E-state index is 12.7. The molecule has 0 bridgehead atoms. The lowest BCUT2D eigenvalue weighted by molar-refractivity contribution is -0.147. The highest BCUT2D eigenvalue weighted by Gasteiger charge is 2.30. The zero-order chi connectivity index (χ0) is 24.8. The molecule has 3 amide bonds. The highest BCUT2D eigenvalue weighted by Crippen LogP contribution is 2.02. The van der Waals surface area contributed by atoms with Crippen molar-refractivity contribution >= 4 is 48.2 Å². The number of amides is 3. The summed E-state index contributed by atoms with van der Waals surface area (Å²) < 4.78 is 0. The van der Waals surface area contributed by atoms with Gasteiger partial charge in [-0.2, -0.15) is 12.6 Å². The molecular weight excluding hydrogens is 450 g/mol. The Labute approximate surface area is 188 Å². The van der Waals surface area contributed by atoms with Gasteiger partial charge in [-0.25, -0.2) is 4.79 Å². The first kappa shape index (κ1) is 28.9. The second-order valence-electron chi connectivity index (χ2n) is 6.54. The number of carboxylic acids is 2. The fraction of sp³-hybridized carbons (Fsp3) is 0.625. The van der Waals surface area contributed by atoms with Crippen LogP contribution in [0.25, 0.3) is 0 Å². The molecule has 0 fully saturated rings. The predicted octanol–water partition coefficient (Wildman–Crippen LogP) is -4.70. The highest BCUT2D eigenvalue weighted by molar-refractivity contribution is 7.80. The number of aliphatic imine (C=N–C) groups is 1. The molecule has 0 aromatic carbocycles. The molecule has 32 heavy (non-hydrogen) atoms. The second-order valence-corrected chi connectivity index (χ2v) is 6.91. The van der Waals surface area contributed by atoms with E-state index in [9.17, 15) is 24.0 Å². The van der Waals surface area contributed by atoms with Crippen molar-refractivity contribution in [2.45, 2.75) is 43.4 Å². The number of thiol groups is 1. The molecule has 0 aliphatic carbocycles. The van der Waals surface area contributed by atoms with Crippen LogP contribution in [0, 0.1) is 0 Å². The Bertz CT molecular complexity index is 717. The van der Waals surface area contributed by atoms with Crippen molar-refractivity contribution in [2.75, 3.05) is 18.9 Å². The van der Waals surface area contributed by atoms with Gasteiger partial charge in [0.05, 0.1) is 13.0 Å². The number of nitrogens with two attached hydrogens (primary N) is 3. The third-order valence-corrected chi connectivity index (χ3v) is 4.29. The third-order valence-electron chi connectivity index (χ3n) is 3.92. The van der Waals surface area contributed by atoms with Crippen LogP contribution >= 0.6 is 12.6 Å². The van der Waals surface area contributed by atoms with Gasteiger partial charge in [0.15, 0.2) is 5.96 Å². The number of rotatable bonds is 15. The molecular formula is C16H29N7O8S. The van der Waals surface area contributed by atoms with E-state index in [-0.39, 0.29) is 31.1 Å². The Morgan fingerprint density at radius 2 is 1.44 bits per heavy atom. The van der Waals surface area contributed by atoms with E-state index in [0.29, 0.717) is 0 Å². The molecule has 0 heterocycles. The minimum Gasteiger partial charge on any atom is -0.481 e. The van der Waals surface area contributed by atoms with Gasteiger partial charge in [-0.3, -0.25) is 24.2 Å². The first-order chi connectivity index (χ1) is 14.9. The fourth-order valence-electron chi connectivity index (χ4n) is 2.25. The summed E-state index contributed by atoms with van der Waals surface area (Å²) in [6, 6.07) is -5.56. The van der Waals surface area contributed by atoms with E-state index in [4.69, 9.17) is 32.5 Å². The Kier molecular flexibility index (Phi) is 13.4. The Morgan fingerprint density at radius 1 is 0.906 bits per heavy atom. The molecule has 0 aliphatic rings. The number of aliphatic carboxylic acids is 2. The van der Waals surface area contributed by atoms with Gasteiger partial charge in [0.25, 0.3) is 0 Å². The van der Waals surface area contributed by atoms with E-state index in [0.717, 1.165) is 0 Å². The molecule has 0 aromatic rings. The van der Waals surface area contributed by atoms with Crippen LogP contribution in [-0.2, 0) is 24.0 Å². The molecule has 0 aromatic heterocycles. The van der Waals surface area contributed by atoms with Crippen LogP contribution < -0.4 is 33.2 Å².